The van der Waals surface area contributed by atoms with E-state index in [4.69, 9.17) is 0 Å². The van der Waals surface area contributed by atoms with Crippen molar-refractivity contribution in [3.63, 3.8) is 0 Å². The van der Waals surface area contributed by atoms with Crippen molar-refractivity contribution in [3.8, 4) is 0 Å². The molecule has 1 rings (SSSR count). The zero-order chi connectivity index (χ0) is 17.1. The smallest absolute Gasteiger partial charge is 0.251 e. The van der Waals surface area contributed by atoms with Crippen LogP contribution < -0.4 is 16.0 Å². The van der Waals surface area contributed by atoms with Gasteiger partial charge in [0.15, 0.2) is 5.96 Å². The van der Waals surface area contributed by atoms with Gasteiger partial charge in [-0.1, -0.05) is 22.9 Å². The predicted molar refractivity (Wildman–Crippen MR) is 100.0 cm³/mol. The zero-order valence-electron chi connectivity index (χ0n) is 14.2. The van der Waals surface area contributed by atoms with Crippen molar-refractivity contribution in [2.45, 2.75) is 39.7 Å². The quantitative estimate of drug-likeness (QED) is 0.367. The highest BCUT2D eigenvalue weighted by molar-refractivity contribution is 9.10. The molecular formula is C17H27BrN4O. The molecule has 0 aromatic heterocycles. The molecule has 0 fully saturated rings. The molecule has 0 radical (unpaired) electrons. The summed E-state index contributed by atoms with van der Waals surface area (Å²) < 4.78 is 0.966. The average Bonchev–Trinajstić information content (AvgIpc) is 2.54. The Hall–Kier alpha value is -1.56. The van der Waals surface area contributed by atoms with Crippen LogP contribution in [0.25, 0.3) is 0 Å². The molecule has 1 aromatic rings. The van der Waals surface area contributed by atoms with Gasteiger partial charge < -0.3 is 16.0 Å². The van der Waals surface area contributed by atoms with E-state index in [-0.39, 0.29) is 5.91 Å². The number of benzene rings is 1. The van der Waals surface area contributed by atoms with Gasteiger partial charge in [0.1, 0.15) is 0 Å². The van der Waals surface area contributed by atoms with Crippen LogP contribution in [0.15, 0.2) is 33.7 Å². The molecule has 1 unspecified atom stereocenters. The van der Waals surface area contributed by atoms with Crippen molar-refractivity contribution in [1.82, 2.24) is 16.0 Å². The Morgan fingerprint density at radius 2 is 1.91 bits per heavy atom. The number of carbonyl (C=O) groups is 1. The molecule has 6 heteroatoms. The van der Waals surface area contributed by atoms with Crippen LogP contribution in [0, 0.1) is 0 Å². The van der Waals surface area contributed by atoms with Crippen molar-refractivity contribution in [2.24, 2.45) is 4.99 Å². The summed E-state index contributed by atoms with van der Waals surface area (Å²) in [6, 6.07) is 7.73. The first-order chi connectivity index (χ1) is 11.1. The highest BCUT2D eigenvalue weighted by Gasteiger charge is 2.04. The number of nitrogens with one attached hydrogen (secondary N) is 3. The normalized spacial score (nSPS) is 12.6. The molecule has 0 aliphatic heterocycles. The van der Waals surface area contributed by atoms with E-state index in [2.05, 4.69) is 50.7 Å². The Labute approximate surface area is 147 Å². The maximum absolute atomic E-state index is 12.0. The summed E-state index contributed by atoms with van der Waals surface area (Å²) in [5.74, 6) is 0.784. The van der Waals surface area contributed by atoms with Crippen LogP contribution in [-0.4, -0.2) is 37.5 Å². The van der Waals surface area contributed by atoms with Gasteiger partial charge in [-0.25, -0.2) is 0 Å². The highest BCUT2D eigenvalue weighted by atomic mass is 79.9. The number of hydrogen-bond donors (Lipinski definition) is 3. The minimum absolute atomic E-state index is 0.0499. The Morgan fingerprint density at radius 3 is 2.52 bits per heavy atom. The second kappa shape index (κ2) is 11.0. The van der Waals surface area contributed by atoms with Crippen molar-refractivity contribution in [3.05, 3.63) is 34.3 Å². The van der Waals surface area contributed by atoms with Crippen LogP contribution in [0.5, 0.6) is 0 Å². The fraction of sp³-hybridized carbons (Fsp3) is 0.529. The second-order valence-electron chi connectivity index (χ2n) is 5.33. The van der Waals surface area contributed by atoms with E-state index in [1.807, 2.05) is 19.1 Å². The number of nitrogens with zero attached hydrogens (tertiary/aromatic N) is 1. The van der Waals surface area contributed by atoms with Crippen molar-refractivity contribution in [2.75, 3.05) is 19.6 Å². The van der Waals surface area contributed by atoms with E-state index in [1.54, 1.807) is 12.1 Å². The van der Waals surface area contributed by atoms with Crippen LogP contribution in [0.2, 0.25) is 0 Å². The van der Waals surface area contributed by atoms with Crippen molar-refractivity contribution < 1.29 is 4.79 Å². The molecule has 1 aromatic carbocycles. The Balaban J connectivity index is 2.33. The summed E-state index contributed by atoms with van der Waals surface area (Å²) in [7, 11) is 0. The van der Waals surface area contributed by atoms with Crippen LogP contribution in [0.3, 0.4) is 0 Å². The molecule has 0 heterocycles. The number of halogens is 1. The van der Waals surface area contributed by atoms with Crippen molar-refractivity contribution in [1.29, 1.82) is 0 Å². The molecule has 3 N–H and O–H groups in total. The van der Waals surface area contributed by atoms with Gasteiger partial charge in [0.05, 0.1) is 0 Å². The van der Waals surface area contributed by atoms with Gasteiger partial charge in [0, 0.05) is 35.7 Å². The number of guanidine groups is 1. The fourth-order valence-corrected chi connectivity index (χ4v) is 2.09. The molecule has 5 nitrogen and oxygen atoms in total. The van der Waals surface area contributed by atoms with E-state index in [0.717, 1.165) is 29.8 Å². The Morgan fingerprint density at radius 1 is 1.22 bits per heavy atom. The molecule has 1 atom stereocenters. The summed E-state index contributed by atoms with van der Waals surface area (Å²) in [4.78, 5) is 16.5. The van der Waals surface area contributed by atoms with E-state index in [1.165, 1.54) is 0 Å². The predicted octanol–water partition coefficient (Wildman–Crippen LogP) is 2.92. The second-order valence-corrected chi connectivity index (χ2v) is 6.25. The van der Waals surface area contributed by atoms with Gasteiger partial charge >= 0.3 is 0 Å². The third-order valence-electron chi connectivity index (χ3n) is 3.34. The standard InChI is InChI=1S/C17H27BrN4O/c1-4-13(3)22-17(19-5-2)21-12-6-11-20-16(23)14-7-9-15(18)10-8-14/h7-10,13H,4-6,11-12H2,1-3H3,(H,20,23)(H2,19,21,22). The number of aliphatic imine (C=N–C) groups is 1. The maximum atomic E-state index is 12.0. The third-order valence-corrected chi connectivity index (χ3v) is 3.87. The first kappa shape index (κ1) is 19.5. The fourth-order valence-electron chi connectivity index (χ4n) is 1.83. The number of hydrogen-bond acceptors (Lipinski definition) is 2. The minimum Gasteiger partial charge on any atom is -0.357 e. The summed E-state index contributed by atoms with van der Waals surface area (Å²) in [6.45, 7) is 8.44. The third kappa shape index (κ3) is 8.02. The highest BCUT2D eigenvalue weighted by Crippen LogP contribution is 2.10. The van der Waals surface area contributed by atoms with Crippen molar-refractivity contribution >= 4 is 27.8 Å². The molecule has 0 saturated carbocycles. The lowest BCUT2D eigenvalue weighted by Crippen LogP contribution is -2.42. The number of amides is 1. The lowest BCUT2D eigenvalue weighted by atomic mass is 10.2. The molecule has 1 amide bonds. The van der Waals surface area contributed by atoms with E-state index in [9.17, 15) is 4.79 Å². The molecule has 0 aliphatic rings. The Bertz CT molecular complexity index is 502. The topological polar surface area (TPSA) is 65.5 Å². The van der Waals surface area contributed by atoms with E-state index >= 15 is 0 Å². The maximum Gasteiger partial charge on any atom is 0.251 e. The molecule has 0 saturated heterocycles. The summed E-state index contributed by atoms with van der Waals surface area (Å²) in [6.07, 6.45) is 1.85. The molecular weight excluding hydrogens is 356 g/mol. The molecule has 23 heavy (non-hydrogen) atoms. The zero-order valence-corrected chi connectivity index (χ0v) is 15.7. The van der Waals surface area contributed by atoms with Gasteiger partial charge in [0.2, 0.25) is 0 Å². The molecule has 0 spiro atoms. The molecule has 128 valence electrons. The van der Waals surface area contributed by atoms with Gasteiger partial charge in [-0.15, -0.1) is 0 Å². The van der Waals surface area contributed by atoms with Crippen LogP contribution in [-0.2, 0) is 0 Å². The minimum atomic E-state index is -0.0499. The van der Waals surface area contributed by atoms with Crippen LogP contribution >= 0.6 is 15.9 Å². The van der Waals surface area contributed by atoms with Gasteiger partial charge in [0.25, 0.3) is 5.91 Å². The monoisotopic (exact) mass is 382 g/mol. The van der Waals surface area contributed by atoms with Gasteiger partial charge in [-0.2, -0.15) is 0 Å². The summed E-state index contributed by atoms with van der Waals surface area (Å²) in [5, 5.41) is 9.48. The SMILES string of the molecule is CCNC(=NCCCNC(=O)c1ccc(Br)cc1)NC(C)CC. The number of rotatable bonds is 8. The average molecular weight is 383 g/mol. The lowest BCUT2D eigenvalue weighted by molar-refractivity contribution is 0.0953. The molecule has 0 aliphatic carbocycles. The Kier molecular flexibility index (Phi) is 9.36. The summed E-state index contributed by atoms with van der Waals surface area (Å²) >= 11 is 3.36. The number of carbonyl (C=O) groups excluding carboxylic acids is 1. The summed E-state index contributed by atoms with van der Waals surface area (Å²) in [5.41, 5.74) is 0.670. The van der Waals surface area contributed by atoms with Gasteiger partial charge in [-0.3, -0.25) is 9.79 Å². The van der Waals surface area contributed by atoms with E-state index in [0.29, 0.717) is 24.7 Å². The van der Waals surface area contributed by atoms with Gasteiger partial charge in [-0.05, 0) is 51.0 Å². The van der Waals surface area contributed by atoms with Crippen LogP contribution in [0.4, 0.5) is 0 Å². The largest absolute Gasteiger partial charge is 0.357 e. The first-order valence-electron chi connectivity index (χ1n) is 8.15. The lowest BCUT2D eigenvalue weighted by Gasteiger charge is -2.16. The first-order valence-corrected chi connectivity index (χ1v) is 8.94. The van der Waals surface area contributed by atoms with E-state index < -0.39 is 0 Å². The van der Waals surface area contributed by atoms with Crippen LogP contribution in [0.1, 0.15) is 44.0 Å². The molecule has 0 bridgehead atoms.